The average Bonchev–Trinajstić information content (AvgIpc) is 2.81. The highest BCUT2D eigenvalue weighted by molar-refractivity contribution is 7.08. The number of hydrogen-bond acceptors (Lipinski definition) is 3. The van der Waals surface area contributed by atoms with Crippen molar-refractivity contribution in [3.8, 4) is 0 Å². The third kappa shape index (κ3) is 3.25. The van der Waals surface area contributed by atoms with Crippen molar-refractivity contribution >= 4 is 22.9 Å². The van der Waals surface area contributed by atoms with E-state index in [2.05, 4.69) is 27.0 Å². The Bertz CT molecular complexity index is 394. The number of amides is 1. The lowest BCUT2D eigenvalue weighted by atomic mass is 9.94. The minimum Gasteiger partial charge on any atom is -0.369 e. The smallest absolute Gasteiger partial charge is 0.225 e. The van der Waals surface area contributed by atoms with Crippen LogP contribution in [0.3, 0.4) is 0 Å². The van der Waals surface area contributed by atoms with Gasteiger partial charge in [0, 0.05) is 35.6 Å². The molecule has 1 aliphatic rings. The number of carbonyl (C=O) groups is 1. The Kier molecular flexibility index (Phi) is 3.95. The van der Waals surface area contributed by atoms with Crippen LogP contribution in [-0.4, -0.2) is 25.0 Å². The summed E-state index contributed by atoms with van der Waals surface area (Å²) in [6.45, 7) is 7.91. The Labute approximate surface area is 113 Å². The van der Waals surface area contributed by atoms with E-state index < -0.39 is 0 Å². The van der Waals surface area contributed by atoms with Crippen molar-refractivity contribution in [1.82, 2.24) is 5.32 Å². The van der Waals surface area contributed by atoms with Gasteiger partial charge in [-0.15, -0.1) is 0 Å². The van der Waals surface area contributed by atoms with E-state index in [1.54, 1.807) is 11.3 Å². The fourth-order valence-electron chi connectivity index (χ4n) is 2.17. The first-order valence-corrected chi connectivity index (χ1v) is 7.49. The first-order chi connectivity index (χ1) is 8.47. The molecule has 1 aromatic rings. The molecule has 0 radical (unpaired) electrons. The zero-order chi connectivity index (χ0) is 13.2. The highest BCUT2D eigenvalue weighted by Gasteiger charge is 2.27. The summed E-state index contributed by atoms with van der Waals surface area (Å²) in [4.78, 5) is 14.4. The lowest BCUT2D eigenvalue weighted by molar-refractivity contribution is -0.129. The van der Waals surface area contributed by atoms with Crippen molar-refractivity contribution in [3.63, 3.8) is 0 Å². The van der Waals surface area contributed by atoms with Gasteiger partial charge in [-0.25, -0.2) is 0 Å². The maximum absolute atomic E-state index is 12.0. The zero-order valence-corrected chi connectivity index (χ0v) is 12.2. The van der Waals surface area contributed by atoms with Crippen LogP contribution in [0, 0.1) is 5.41 Å². The van der Waals surface area contributed by atoms with Gasteiger partial charge in [0.25, 0.3) is 0 Å². The second-order valence-electron chi connectivity index (χ2n) is 5.99. The summed E-state index contributed by atoms with van der Waals surface area (Å²) in [5.41, 5.74) is 0.986. The molecule has 1 saturated heterocycles. The van der Waals surface area contributed by atoms with Gasteiger partial charge in [0.15, 0.2) is 0 Å². The van der Waals surface area contributed by atoms with Crippen molar-refractivity contribution in [2.45, 2.75) is 39.7 Å². The summed E-state index contributed by atoms with van der Waals surface area (Å²) < 4.78 is 0. The van der Waals surface area contributed by atoms with Crippen molar-refractivity contribution in [3.05, 3.63) is 16.8 Å². The summed E-state index contributed by atoms with van der Waals surface area (Å²) in [6, 6.07) is 2.43. The highest BCUT2D eigenvalue weighted by atomic mass is 32.1. The number of hydrogen-bond donors (Lipinski definition) is 1. The van der Waals surface area contributed by atoms with Gasteiger partial charge in [0.05, 0.1) is 0 Å². The molecular formula is C14H22N2OS. The number of nitrogens with zero attached hydrogens (tertiary/aromatic N) is 1. The van der Waals surface area contributed by atoms with E-state index in [1.165, 1.54) is 5.69 Å². The van der Waals surface area contributed by atoms with Crippen LogP contribution in [0.1, 0.15) is 33.6 Å². The quantitative estimate of drug-likeness (QED) is 0.892. The summed E-state index contributed by atoms with van der Waals surface area (Å²) in [7, 11) is 0. The van der Waals surface area contributed by atoms with E-state index in [4.69, 9.17) is 0 Å². The molecule has 4 heteroatoms. The SMILES string of the molecule is CC(C)(C)C(=O)NC1CCCN(c2ccsc2)C1. The van der Waals surface area contributed by atoms with E-state index in [1.807, 2.05) is 20.8 Å². The fraction of sp³-hybridized carbons (Fsp3) is 0.643. The third-order valence-corrected chi connectivity index (χ3v) is 3.98. The van der Waals surface area contributed by atoms with E-state index in [0.717, 1.165) is 25.9 Å². The van der Waals surface area contributed by atoms with Crippen molar-refractivity contribution < 1.29 is 4.79 Å². The molecule has 1 N–H and O–H groups in total. The predicted molar refractivity (Wildman–Crippen MR) is 77.2 cm³/mol. The summed E-state index contributed by atoms with van der Waals surface area (Å²) in [5, 5.41) is 7.45. The Morgan fingerprint density at radius 1 is 1.50 bits per heavy atom. The topological polar surface area (TPSA) is 32.3 Å². The van der Waals surface area contributed by atoms with Crippen LogP contribution in [0.25, 0.3) is 0 Å². The molecule has 3 nitrogen and oxygen atoms in total. The molecule has 2 rings (SSSR count). The number of anilines is 1. The lowest BCUT2D eigenvalue weighted by Gasteiger charge is -2.35. The number of nitrogens with one attached hydrogen (secondary N) is 1. The van der Waals surface area contributed by atoms with E-state index in [-0.39, 0.29) is 17.4 Å². The Hall–Kier alpha value is -1.03. The molecule has 1 aromatic heterocycles. The first-order valence-electron chi connectivity index (χ1n) is 6.55. The lowest BCUT2D eigenvalue weighted by Crippen LogP contribution is -2.50. The van der Waals surface area contributed by atoms with E-state index >= 15 is 0 Å². The Balaban J connectivity index is 1.93. The van der Waals surface area contributed by atoms with Gasteiger partial charge in [-0.1, -0.05) is 20.8 Å². The number of carbonyl (C=O) groups excluding carboxylic acids is 1. The second kappa shape index (κ2) is 5.31. The van der Waals surface area contributed by atoms with Crippen LogP contribution in [0.5, 0.6) is 0 Å². The highest BCUT2D eigenvalue weighted by Crippen LogP contribution is 2.23. The second-order valence-corrected chi connectivity index (χ2v) is 6.77. The summed E-state index contributed by atoms with van der Waals surface area (Å²) >= 11 is 1.72. The van der Waals surface area contributed by atoms with Crippen LogP contribution in [0.2, 0.25) is 0 Å². The van der Waals surface area contributed by atoms with Gasteiger partial charge < -0.3 is 10.2 Å². The standard InChI is InChI=1S/C14H22N2OS/c1-14(2,3)13(17)15-11-5-4-7-16(9-11)12-6-8-18-10-12/h6,8,10-11H,4-5,7,9H2,1-3H3,(H,15,17). The molecular weight excluding hydrogens is 244 g/mol. The third-order valence-electron chi connectivity index (χ3n) is 3.31. The maximum Gasteiger partial charge on any atom is 0.225 e. The molecule has 1 aliphatic heterocycles. The van der Waals surface area contributed by atoms with E-state index in [0.29, 0.717) is 0 Å². The molecule has 2 heterocycles. The number of thiophene rings is 1. The molecule has 100 valence electrons. The maximum atomic E-state index is 12.0. The van der Waals surface area contributed by atoms with Crippen molar-refractivity contribution in [2.24, 2.45) is 5.41 Å². The van der Waals surface area contributed by atoms with Gasteiger partial charge in [-0.05, 0) is 24.3 Å². The largest absolute Gasteiger partial charge is 0.369 e. The molecule has 0 bridgehead atoms. The van der Waals surface area contributed by atoms with Gasteiger partial charge >= 0.3 is 0 Å². The van der Waals surface area contributed by atoms with Gasteiger partial charge in [0.1, 0.15) is 0 Å². The van der Waals surface area contributed by atoms with E-state index in [9.17, 15) is 4.79 Å². The molecule has 18 heavy (non-hydrogen) atoms. The monoisotopic (exact) mass is 266 g/mol. The molecule has 0 aliphatic carbocycles. The Morgan fingerprint density at radius 3 is 2.89 bits per heavy atom. The molecule has 1 atom stereocenters. The van der Waals surface area contributed by atoms with Gasteiger partial charge in [0.2, 0.25) is 5.91 Å². The summed E-state index contributed by atoms with van der Waals surface area (Å²) in [6.07, 6.45) is 2.23. The van der Waals surface area contributed by atoms with Crippen LogP contribution in [0.4, 0.5) is 5.69 Å². The number of piperidine rings is 1. The van der Waals surface area contributed by atoms with Gasteiger partial charge in [-0.2, -0.15) is 11.3 Å². The van der Waals surface area contributed by atoms with Crippen LogP contribution >= 0.6 is 11.3 Å². The zero-order valence-electron chi connectivity index (χ0n) is 11.4. The molecule has 1 unspecified atom stereocenters. The summed E-state index contributed by atoms with van der Waals surface area (Å²) in [5.74, 6) is 0.152. The minimum absolute atomic E-state index is 0.152. The fourth-order valence-corrected chi connectivity index (χ4v) is 2.83. The number of rotatable bonds is 2. The van der Waals surface area contributed by atoms with Gasteiger partial charge in [-0.3, -0.25) is 4.79 Å². The van der Waals surface area contributed by atoms with Crippen LogP contribution in [0.15, 0.2) is 16.8 Å². The average molecular weight is 266 g/mol. The minimum atomic E-state index is -0.301. The predicted octanol–water partition coefficient (Wildman–Crippen LogP) is 2.88. The molecule has 1 fully saturated rings. The van der Waals surface area contributed by atoms with Crippen LogP contribution in [-0.2, 0) is 4.79 Å². The molecule has 0 spiro atoms. The molecule has 0 saturated carbocycles. The molecule has 1 amide bonds. The normalized spacial score (nSPS) is 20.8. The van der Waals surface area contributed by atoms with Crippen molar-refractivity contribution in [1.29, 1.82) is 0 Å². The first kappa shape index (κ1) is 13.4. The Morgan fingerprint density at radius 2 is 2.28 bits per heavy atom. The molecule has 0 aromatic carbocycles. The van der Waals surface area contributed by atoms with Crippen molar-refractivity contribution in [2.75, 3.05) is 18.0 Å². The van der Waals surface area contributed by atoms with Crippen LogP contribution < -0.4 is 10.2 Å².